The number of halogens is 6. The Bertz CT molecular complexity index is 2070. The van der Waals surface area contributed by atoms with E-state index in [0.717, 1.165) is 5.39 Å². The third-order valence-corrected chi connectivity index (χ3v) is 8.33. The van der Waals surface area contributed by atoms with Crippen molar-refractivity contribution in [2.45, 2.75) is 25.3 Å². The van der Waals surface area contributed by atoms with Crippen LogP contribution in [0.4, 0.5) is 36.6 Å². The highest BCUT2D eigenvalue weighted by atomic mass is 32.1. The van der Waals surface area contributed by atoms with E-state index in [-0.39, 0.29) is 23.2 Å². The Morgan fingerprint density at radius 2 is 1.40 bits per heavy atom. The molecule has 2 aromatic carbocycles. The summed E-state index contributed by atoms with van der Waals surface area (Å²) in [4.78, 5) is 39.3. The second-order valence-electron chi connectivity index (χ2n) is 9.63. The number of fused-ring (bicyclic) bond motifs is 2. The van der Waals surface area contributed by atoms with Gasteiger partial charge in [-0.1, -0.05) is 40.9 Å². The van der Waals surface area contributed by atoms with Gasteiger partial charge in [0.25, 0.3) is 0 Å². The number of hydrogen-bond acceptors (Lipinski definition) is 8. The van der Waals surface area contributed by atoms with Crippen LogP contribution in [0.3, 0.4) is 0 Å². The second-order valence-corrected chi connectivity index (χ2v) is 11.7. The molecule has 0 unspecified atom stereocenters. The van der Waals surface area contributed by atoms with Gasteiger partial charge in [-0.05, 0) is 35.9 Å². The average molecular weight is 662 g/mol. The summed E-state index contributed by atoms with van der Waals surface area (Å²) in [5.41, 5.74) is 3.77. The zero-order chi connectivity index (χ0) is 31.9. The lowest BCUT2D eigenvalue weighted by molar-refractivity contribution is -0.135. The number of aromatic nitrogens is 5. The highest BCUT2D eigenvalue weighted by Gasteiger charge is 2.34. The maximum absolute atomic E-state index is 12.8. The van der Waals surface area contributed by atoms with Gasteiger partial charge in [-0.2, -0.15) is 26.3 Å². The van der Waals surface area contributed by atoms with Crippen molar-refractivity contribution in [1.29, 1.82) is 0 Å². The van der Waals surface area contributed by atoms with Gasteiger partial charge in [0, 0.05) is 10.9 Å². The fourth-order valence-electron chi connectivity index (χ4n) is 4.38. The number of alkyl halides is 6. The SMILES string of the molecule is O=C(Cc1ccc2nc(-c3ccc4ncn(CC(=O)Nc5ncc(C(F)(F)F)s5)c4c3)ccc2c1)Nc1ncc(C(F)(F)F)s1. The van der Waals surface area contributed by atoms with Crippen molar-refractivity contribution in [3.05, 3.63) is 82.6 Å². The molecule has 2 amide bonds. The Morgan fingerprint density at radius 1 is 0.756 bits per heavy atom. The molecule has 6 rings (SSSR count). The first-order chi connectivity index (χ1) is 21.3. The normalized spacial score (nSPS) is 12.1. The first kappa shape index (κ1) is 30.1. The highest BCUT2D eigenvalue weighted by Crippen LogP contribution is 2.36. The molecule has 4 aromatic heterocycles. The van der Waals surface area contributed by atoms with Crippen LogP contribution in [-0.4, -0.2) is 36.3 Å². The third-order valence-electron chi connectivity index (χ3n) is 6.41. The molecule has 0 saturated carbocycles. The van der Waals surface area contributed by atoms with E-state index in [2.05, 4.69) is 25.6 Å². The monoisotopic (exact) mass is 661 g/mol. The van der Waals surface area contributed by atoms with E-state index < -0.39 is 33.9 Å². The molecular formula is C28H17F6N7O2S2. The number of benzene rings is 2. The smallest absolute Gasteiger partial charge is 0.321 e. The first-order valence-corrected chi connectivity index (χ1v) is 14.5. The summed E-state index contributed by atoms with van der Waals surface area (Å²) < 4.78 is 78.4. The van der Waals surface area contributed by atoms with Crippen LogP contribution in [0, 0.1) is 0 Å². The molecule has 0 fully saturated rings. The van der Waals surface area contributed by atoms with E-state index >= 15 is 0 Å². The number of carbonyl (C=O) groups is 2. The van der Waals surface area contributed by atoms with Crippen molar-refractivity contribution in [2.24, 2.45) is 0 Å². The van der Waals surface area contributed by atoms with Crippen LogP contribution in [0.5, 0.6) is 0 Å². The molecular weight excluding hydrogens is 644 g/mol. The van der Waals surface area contributed by atoms with Crippen molar-refractivity contribution in [3.8, 4) is 11.3 Å². The fraction of sp³-hybridized carbons (Fsp3) is 0.143. The summed E-state index contributed by atoms with van der Waals surface area (Å²) in [6.45, 7) is -0.214. The summed E-state index contributed by atoms with van der Waals surface area (Å²) >= 11 is 0.681. The molecule has 4 heterocycles. The Balaban J connectivity index is 1.15. The van der Waals surface area contributed by atoms with E-state index in [4.69, 9.17) is 4.98 Å². The van der Waals surface area contributed by atoms with Gasteiger partial charge in [0.05, 0.1) is 47.4 Å². The van der Waals surface area contributed by atoms with Gasteiger partial charge in [0.2, 0.25) is 11.8 Å². The van der Waals surface area contributed by atoms with Crippen molar-refractivity contribution in [2.75, 3.05) is 10.6 Å². The van der Waals surface area contributed by atoms with Gasteiger partial charge in [0.1, 0.15) is 16.3 Å². The minimum atomic E-state index is -4.55. The number of amides is 2. The Labute approximate surface area is 256 Å². The standard InChI is InChI=1S/C28H17F6N7O2S2/c29-27(30,31)21-10-35-25(44-21)39-23(42)8-14-1-4-17-15(7-14)2-5-18(38-17)16-3-6-19-20(9-16)41(13-37-19)12-24(43)40-26-36-11-22(45-26)28(32,33)34/h1-7,9-11,13H,8,12H2,(H,35,39,42)(H,36,40,43). The number of thiazole rings is 2. The lowest BCUT2D eigenvalue weighted by atomic mass is 10.1. The summed E-state index contributed by atoms with van der Waals surface area (Å²) in [5.74, 6) is -1.09. The molecule has 45 heavy (non-hydrogen) atoms. The highest BCUT2D eigenvalue weighted by molar-refractivity contribution is 7.16. The lowest BCUT2D eigenvalue weighted by Gasteiger charge is -2.08. The second kappa shape index (κ2) is 11.6. The summed E-state index contributed by atoms with van der Waals surface area (Å²) in [6, 6.07) is 14.1. The number of rotatable bonds is 7. The van der Waals surface area contributed by atoms with Crippen LogP contribution in [0.25, 0.3) is 33.2 Å². The molecule has 0 saturated heterocycles. The molecule has 0 aliphatic rings. The average Bonchev–Trinajstić information content (AvgIpc) is 3.73. The maximum atomic E-state index is 12.8. The van der Waals surface area contributed by atoms with Crippen molar-refractivity contribution < 1.29 is 35.9 Å². The zero-order valence-electron chi connectivity index (χ0n) is 22.4. The predicted molar refractivity (Wildman–Crippen MR) is 156 cm³/mol. The maximum Gasteiger partial charge on any atom is 0.427 e. The Kier molecular flexibility index (Phi) is 7.74. The molecule has 9 nitrogen and oxygen atoms in total. The van der Waals surface area contributed by atoms with Crippen molar-refractivity contribution in [1.82, 2.24) is 24.5 Å². The van der Waals surface area contributed by atoms with Gasteiger partial charge in [-0.15, -0.1) is 0 Å². The summed E-state index contributed by atoms with van der Waals surface area (Å²) in [6.07, 6.45) is -6.39. The summed E-state index contributed by atoms with van der Waals surface area (Å²) in [7, 11) is 0. The molecule has 2 N–H and O–H groups in total. The number of pyridine rings is 1. The number of carbonyl (C=O) groups excluding carboxylic acids is 2. The van der Waals surface area contributed by atoms with E-state index in [0.29, 0.717) is 68.4 Å². The topological polar surface area (TPSA) is 115 Å². The molecule has 0 aliphatic carbocycles. The molecule has 0 aliphatic heterocycles. The minimum Gasteiger partial charge on any atom is -0.321 e. The van der Waals surface area contributed by atoms with Crippen LogP contribution < -0.4 is 10.6 Å². The van der Waals surface area contributed by atoms with Crippen LogP contribution in [0.15, 0.2) is 67.3 Å². The van der Waals surface area contributed by atoms with Crippen LogP contribution in [0.1, 0.15) is 15.3 Å². The van der Waals surface area contributed by atoms with Gasteiger partial charge < -0.3 is 15.2 Å². The number of nitrogens with one attached hydrogen (secondary N) is 2. The number of imidazole rings is 1. The minimum absolute atomic E-state index is 0.0844. The van der Waals surface area contributed by atoms with Crippen LogP contribution in [0.2, 0.25) is 0 Å². The summed E-state index contributed by atoms with van der Waals surface area (Å²) in [5, 5.41) is 5.19. The molecule has 0 spiro atoms. The molecule has 6 aromatic rings. The van der Waals surface area contributed by atoms with Gasteiger partial charge in [0.15, 0.2) is 10.3 Å². The Hall–Kier alpha value is -4.90. The number of nitrogens with zero attached hydrogens (tertiary/aromatic N) is 5. The molecule has 17 heteroatoms. The van der Waals surface area contributed by atoms with Gasteiger partial charge in [-0.25, -0.2) is 19.9 Å². The number of hydrogen-bond donors (Lipinski definition) is 2. The Morgan fingerprint density at radius 3 is 2.04 bits per heavy atom. The zero-order valence-corrected chi connectivity index (χ0v) is 24.0. The van der Waals surface area contributed by atoms with Crippen LogP contribution in [-0.2, 0) is 34.9 Å². The molecule has 0 bridgehead atoms. The predicted octanol–water partition coefficient (Wildman–Crippen LogP) is 7.02. The molecule has 0 radical (unpaired) electrons. The van der Waals surface area contributed by atoms with Gasteiger partial charge >= 0.3 is 12.4 Å². The van der Waals surface area contributed by atoms with Crippen molar-refractivity contribution in [3.63, 3.8) is 0 Å². The quantitative estimate of drug-likeness (QED) is 0.178. The third kappa shape index (κ3) is 6.78. The fourth-order valence-corrected chi connectivity index (χ4v) is 5.78. The van der Waals surface area contributed by atoms with Crippen LogP contribution >= 0.6 is 22.7 Å². The lowest BCUT2D eigenvalue weighted by Crippen LogP contribution is -2.18. The molecule has 230 valence electrons. The van der Waals surface area contributed by atoms with Crippen molar-refractivity contribution >= 4 is 66.7 Å². The number of anilines is 2. The van der Waals surface area contributed by atoms with E-state index in [1.165, 1.54) is 6.33 Å². The van der Waals surface area contributed by atoms with Gasteiger partial charge in [-0.3, -0.25) is 9.59 Å². The first-order valence-electron chi connectivity index (χ1n) is 12.8. The largest absolute Gasteiger partial charge is 0.427 e. The van der Waals surface area contributed by atoms with E-state index in [9.17, 15) is 35.9 Å². The van der Waals surface area contributed by atoms with E-state index in [1.807, 2.05) is 12.1 Å². The van der Waals surface area contributed by atoms with E-state index in [1.54, 1.807) is 41.0 Å². The molecule has 0 atom stereocenters.